The minimum absolute atomic E-state index is 0.664. The lowest BCUT2D eigenvalue weighted by atomic mass is 10.3. The number of thioether (sulfide) groups is 1. The van der Waals surface area contributed by atoms with E-state index in [0.717, 1.165) is 17.1 Å². The van der Waals surface area contributed by atoms with Gasteiger partial charge in [-0.15, -0.1) is 0 Å². The van der Waals surface area contributed by atoms with E-state index in [0.29, 0.717) is 11.0 Å². The molecule has 0 saturated carbocycles. The maximum Gasteiger partial charge on any atom is 0.256 e. The monoisotopic (exact) mass is 221 g/mol. The first kappa shape index (κ1) is 10.0. The SMILES string of the molecule is Cc1coc(SCc2cc(N)ccn2)n1. The Balaban J connectivity index is 1.99. The molecule has 2 rings (SSSR count). The molecular formula is C10H11N3OS. The number of nitrogens with zero attached hydrogens (tertiary/aromatic N) is 2. The Morgan fingerprint density at radius 3 is 3.07 bits per heavy atom. The molecule has 0 spiro atoms. The third-order valence-electron chi connectivity index (χ3n) is 1.78. The summed E-state index contributed by atoms with van der Waals surface area (Å²) in [6, 6.07) is 3.62. The van der Waals surface area contributed by atoms with E-state index < -0.39 is 0 Å². The zero-order valence-electron chi connectivity index (χ0n) is 8.30. The second-order valence-electron chi connectivity index (χ2n) is 3.12. The molecule has 0 amide bonds. The van der Waals surface area contributed by atoms with Crippen molar-refractivity contribution in [2.45, 2.75) is 17.9 Å². The number of hydrogen-bond acceptors (Lipinski definition) is 5. The highest BCUT2D eigenvalue weighted by atomic mass is 32.2. The second-order valence-corrected chi connectivity index (χ2v) is 4.05. The first-order valence-corrected chi connectivity index (χ1v) is 5.48. The van der Waals surface area contributed by atoms with E-state index >= 15 is 0 Å². The highest BCUT2D eigenvalue weighted by Gasteiger charge is 2.03. The van der Waals surface area contributed by atoms with Crippen LogP contribution in [0.3, 0.4) is 0 Å². The molecule has 0 aromatic carbocycles. The molecule has 15 heavy (non-hydrogen) atoms. The Morgan fingerprint density at radius 1 is 1.53 bits per heavy atom. The Kier molecular flexibility index (Phi) is 2.91. The van der Waals surface area contributed by atoms with Crippen LogP contribution in [0.1, 0.15) is 11.4 Å². The molecule has 0 aliphatic carbocycles. The smallest absolute Gasteiger partial charge is 0.256 e. The minimum Gasteiger partial charge on any atom is -0.440 e. The van der Waals surface area contributed by atoms with Crippen molar-refractivity contribution in [2.75, 3.05) is 5.73 Å². The highest BCUT2D eigenvalue weighted by Crippen LogP contribution is 2.21. The fourth-order valence-electron chi connectivity index (χ4n) is 1.11. The number of rotatable bonds is 3. The van der Waals surface area contributed by atoms with Crippen LogP contribution in [-0.2, 0) is 5.75 Å². The van der Waals surface area contributed by atoms with Crippen molar-refractivity contribution in [3.63, 3.8) is 0 Å². The molecule has 0 radical (unpaired) electrons. The summed E-state index contributed by atoms with van der Waals surface area (Å²) in [6.45, 7) is 1.90. The summed E-state index contributed by atoms with van der Waals surface area (Å²) in [5.74, 6) is 0.713. The van der Waals surface area contributed by atoms with Gasteiger partial charge in [0, 0.05) is 17.6 Å². The van der Waals surface area contributed by atoms with Crippen LogP contribution in [0.25, 0.3) is 0 Å². The van der Waals surface area contributed by atoms with Gasteiger partial charge in [0.15, 0.2) is 0 Å². The molecule has 4 nitrogen and oxygen atoms in total. The van der Waals surface area contributed by atoms with Crippen LogP contribution in [0.4, 0.5) is 5.69 Å². The van der Waals surface area contributed by atoms with Crippen LogP contribution in [0.5, 0.6) is 0 Å². The van der Waals surface area contributed by atoms with E-state index in [-0.39, 0.29) is 0 Å². The van der Waals surface area contributed by atoms with E-state index in [1.54, 1.807) is 18.5 Å². The standard InChI is InChI=1S/C10H11N3OS/c1-7-5-14-10(13-7)15-6-9-4-8(11)2-3-12-9/h2-5H,6H2,1H3,(H2,11,12). The topological polar surface area (TPSA) is 64.9 Å². The molecule has 0 unspecified atom stereocenters. The van der Waals surface area contributed by atoms with Gasteiger partial charge in [0.25, 0.3) is 5.22 Å². The number of nitrogens with two attached hydrogens (primary N) is 1. The van der Waals surface area contributed by atoms with Gasteiger partial charge in [-0.25, -0.2) is 4.98 Å². The van der Waals surface area contributed by atoms with Gasteiger partial charge in [-0.3, -0.25) is 4.98 Å². The van der Waals surface area contributed by atoms with E-state index in [9.17, 15) is 0 Å². The van der Waals surface area contributed by atoms with Crippen LogP contribution in [0.2, 0.25) is 0 Å². The number of aryl methyl sites for hydroxylation is 1. The molecular weight excluding hydrogens is 210 g/mol. The average molecular weight is 221 g/mol. The fraction of sp³-hybridized carbons (Fsp3) is 0.200. The predicted molar refractivity (Wildman–Crippen MR) is 59.5 cm³/mol. The number of pyridine rings is 1. The first-order valence-electron chi connectivity index (χ1n) is 4.49. The van der Waals surface area contributed by atoms with E-state index in [1.807, 2.05) is 13.0 Å². The van der Waals surface area contributed by atoms with Crippen LogP contribution in [-0.4, -0.2) is 9.97 Å². The van der Waals surface area contributed by atoms with Crippen LogP contribution in [0, 0.1) is 6.92 Å². The Labute approximate surface area is 91.9 Å². The maximum absolute atomic E-state index is 5.64. The van der Waals surface area contributed by atoms with Crippen molar-refractivity contribution in [3.8, 4) is 0 Å². The third kappa shape index (κ3) is 2.73. The Morgan fingerprint density at radius 2 is 2.40 bits per heavy atom. The highest BCUT2D eigenvalue weighted by molar-refractivity contribution is 7.98. The molecule has 0 aliphatic rings. The first-order chi connectivity index (χ1) is 7.24. The second kappa shape index (κ2) is 4.35. The number of aromatic nitrogens is 2. The Bertz CT molecular complexity index is 455. The third-order valence-corrected chi connectivity index (χ3v) is 2.66. The molecule has 2 heterocycles. The zero-order chi connectivity index (χ0) is 10.7. The molecule has 0 atom stereocenters. The van der Waals surface area contributed by atoms with Crippen LogP contribution < -0.4 is 5.73 Å². The molecule has 5 heteroatoms. The minimum atomic E-state index is 0.664. The lowest BCUT2D eigenvalue weighted by Gasteiger charge is -1.98. The van der Waals surface area contributed by atoms with Crippen molar-refractivity contribution >= 4 is 17.4 Å². The van der Waals surface area contributed by atoms with Crippen LogP contribution in [0.15, 0.2) is 34.2 Å². The summed E-state index contributed by atoms with van der Waals surface area (Å²) >= 11 is 1.51. The maximum atomic E-state index is 5.64. The van der Waals surface area contributed by atoms with Gasteiger partial charge in [-0.05, 0) is 19.1 Å². The Hall–Kier alpha value is -1.49. The van der Waals surface area contributed by atoms with Crippen molar-refractivity contribution in [1.29, 1.82) is 0 Å². The van der Waals surface area contributed by atoms with Gasteiger partial charge in [0.2, 0.25) is 0 Å². The van der Waals surface area contributed by atoms with Crippen molar-refractivity contribution in [2.24, 2.45) is 0 Å². The predicted octanol–water partition coefficient (Wildman–Crippen LogP) is 2.25. The quantitative estimate of drug-likeness (QED) is 0.805. The molecule has 2 N–H and O–H groups in total. The van der Waals surface area contributed by atoms with Gasteiger partial charge < -0.3 is 10.2 Å². The summed E-state index contributed by atoms with van der Waals surface area (Å²) in [7, 11) is 0. The average Bonchev–Trinajstić information content (AvgIpc) is 2.62. The normalized spacial score (nSPS) is 10.5. The van der Waals surface area contributed by atoms with Gasteiger partial charge >= 0.3 is 0 Å². The zero-order valence-corrected chi connectivity index (χ0v) is 9.12. The van der Waals surface area contributed by atoms with E-state index in [1.165, 1.54) is 11.8 Å². The molecule has 0 fully saturated rings. The molecule has 2 aromatic rings. The number of oxazole rings is 1. The lowest BCUT2D eigenvalue weighted by Crippen LogP contribution is -1.90. The van der Waals surface area contributed by atoms with Crippen molar-refractivity contribution < 1.29 is 4.42 Å². The van der Waals surface area contributed by atoms with E-state index in [2.05, 4.69) is 9.97 Å². The fourth-order valence-corrected chi connectivity index (χ4v) is 1.86. The van der Waals surface area contributed by atoms with Crippen LogP contribution >= 0.6 is 11.8 Å². The number of anilines is 1. The van der Waals surface area contributed by atoms with Crippen molar-refractivity contribution in [1.82, 2.24) is 9.97 Å². The molecule has 78 valence electrons. The molecule has 2 aromatic heterocycles. The largest absolute Gasteiger partial charge is 0.440 e. The van der Waals surface area contributed by atoms with E-state index in [4.69, 9.17) is 10.2 Å². The van der Waals surface area contributed by atoms with Gasteiger partial charge in [-0.1, -0.05) is 11.8 Å². The van der Waals surface area contributed by atoms with Gasteiger partial charge in [-0.2, -0.15) is 0 Å². The van der Waals surface area contributed by atoms with Crippen molar-refractivity contribution in [3.05, 3.63) is 36.0 Å². The summed E-state index contributed by atoms with van der Waals surface area (Å²) in [6.07, 6.45) is 3.33. The molecule has 0 saturated heterocycles. The number of nitrogen functional groups attached to an aromatic ring is 1. The summed E-state index contributed by atoms with van der Waals surface area (Å²) in [5.41, 5.74) is 8.18. The summed E-state index contributed by atoms with van der Waals surface area (Å²) in [4.78, 5) is 8.38. The molecule has 0 bridgehead atoms. The summed E-state index contributed by atoms with van der Waals surface area (Å²) < 4.78 is 5.21. The lowest BCUT2D eigenvalue weighted by molar-refractivity contribution is 0.454. The number of hydrogen-bond donors (Lipinski definition) is 1. The molecule has 0 aliphatic heterocycles. The summed E-state index contributed by atoms with van der Waals surface area (Å²) in [5, 5.41) is 0.664. The van der Waals surface area contributed by atoms with Gasteiger partial charge in [0.05, 0.1) is 11.4 Å². The van der Waals surface area contributed by atoms with Gasteiger partial charge in [0.1, 0.15) is 6.26 Å².